The fraction of sp³-hybridized carbons (Fsp3) is 0.545. The first-order valence-electron chi connectivity index (χ1n) is 5.78. The van der Waals surface area contributed by atoms with Gasteiger partial charge < -0.3 is 10.0 Å². The summed E-state index contributed by atoms with van der Waals surface area (Å²) in [6.07, 6.45) is 2.18. The van der Waals surface area contributed by atoms with Gasteiger partial charge in [0.25, 0.3) is 10.0 Å². The first-order valence-corrected chi connectivity index (χ1v) is 7.26. The van der Waals surface area contributed by atoms with Gasteiger partial charge in [0.15, 0.2) is 5.03 Å². The summed E-state index contributed by atoms with van der Waals surface area (Å²) < 4.78 is 26.7. The van der Waals surface area contributed by atoms with E-state index in [1.165, 1.54) is 12.3 Å². The normalized spacial score (nSPS) is 21.3. The van der Waals surface area contributed by atoms with Gasteiger partial charge in [-0.1, -0.05) is 6.07 Å². The fourth-order valence-corrected chi connectivity index (χ4v) is 3.17. The molecule has 2 heterocycles. The Balaban J connectivity index is 2.10. The van der Waals surface area contributed by atoms with Crippen molar-refractivity contribution in [2.24, 2.45) is 0 Å². The lowest BCUT2D eigenvalue weighted by molar-refractivity contribution is 0.281. The van der Waals surface area contributed by atoms with Crippen LogP contribution in [0.2, 0.25) is 0 Å². The molecular weight excluding hydrogens is 254 g/mol. The second-order valence-electron chi connectivity index (χ2n) is 4.53. The van der Waals surface area contributed by atoms with Crippen LogP contribution >= 0.6 is 0 Å². The van der Waals surface area contributed by atoms with Crippen molar-refractivity contribution in [3.63, 3.8) is 0 Å². The molecule has 1 aliphatic rings. The van der Waals surface area contributed by atoms with Gasteiger partial charge in [0.2, 0.25) is 0 Å². The number of aliphatic hydroxyl groups is 1. The van der Waals surface area contributed by atoms with Crippen molar-refractivity contribution >= 4 is 10.0 Å². The third kappa shape index (κ3) is 3.05. The predicted molar refractivity (Wildman–Crippen MR) is 66.4 cm³/mol. The molecule has 1 aromatic heterocycles. The molecule has 18 heavy (non-hydrogen) atoms. The minimum atomic E-state index is -3.56. The molecule has 0 bridgehead atoms. The largest absolute Gasteiger partial charge is 0.392 e. The van der Waals surface area contributed by atoms with E-state index in [0.717, 1.165) is 13.0 Å². The predicted octanol–water partition coefficient (Wildman–Crippen LogP) is -0.444. The van der Waals surface area contributed by atoms with Crippen LogP contribution in [-0.4, -0.2) is 49.6 Å². The molecule has 1 atom stereocenters. The highest BCUT2D eigenvalue weighted by molar-refractivity contribution is 7.89. The number of likely N-dealkylation sites (N-methyl/N-ethyl adjacent to an activating group) is 1. The number of aromatic nitrogens is 1. The maximum atomic E-state index is 12.0. The fourth-order valence-electron chi connectivity index (χ4n) is 1.97. The molecule has 1 fully saturated rings. The highest BCUT2D eigenvalue weighted by Gasteiger charge is 2.25. The molecule has 0 aromatic carbocycles. The Hall–Kier alpha value is -1.02. The van der Waals surface area contributed by atoms with Gasteiger partial charge in [0.1, 0.15) is 0 Å². The molecule has 1 unspecified atom stereocenters. The van der Waals surface area contributed by atoms with Crippen LogP contribution in [0.25, 0.3) is 0 Å². The molecule has 6 nitrogen and oxygen atoms in total. The number of aliphatic hydroxyl groups excluding tert-OH is 1. The molecule has 0 saturated carbocycles. The lowest BCUT2D eigenvalue weighted by Gasteiger charge is -2.12. The number of hydrogen-bond acceptors (Lipinski definition) is 5. The maximum Gasteiger partial charge on any atom is 0.258 e. The molecule has 1 aromatic rings. The quantitative estimate of drug-likeness (QED) is 0.775. The zero-order valence-corrected chi connectivity index (χ0v) is 11.0. The summed E-state index contributed by atoms with van der Waals surface area (Å²) in [5.74, 6) is 0. The monoisotopic (exact) mass is 271 g/mol. The minimum Gasteiger partial charge on any atom is -0.392 e. The van der Waals surface area contributed by atoms with Gasteiger partial charge in [0, 0.05) is 18.8 Å². The Morgan fingerprint density at radius 3 is 2.83 bits per heavy atom. The second kappa shape index (κ2) is 5.31. The van der Waals surface area contributed by atoms with Crippen LogP contribution in [0.5, 0.6) is 0 Å². The second-order valence-corrected chi connectivity index (χ2v) is 6.19. The van der Waals surface area contributed by atoms with E-state index in [0.29, 0.717) is 12.1 Å². The summed E-state index contributed by atoms with van der Waals surface area (Å²) >= 11 is 0. The zero-order valence-electron chi connectivity index (χ0n) is 10.2. The Kier molecular flexibility index (Phi) is 3.96. The molecule has 0 spiro atoms. The first kappa shape index (κ1) is 13.4. The Labute approximate surface area is 107 Å². The lowest BCUT2D eigenvalue weighted by atomic mass is 10.3. The third-order valence-corrected chi connectivity index (χ3v) is 4.40. The Morgan fingerprint density at radius 1 is 1.56 bits per heavy atom. The highest BCUT2D eigenvalue weighted by Crippen LogP contribution is 2.12. The van der Waals surface area contributed by atoms with Gasteiger partial charge >= 0.3 is 0 Å². The topological polar surface area (TPSA) is 82.5 Å². The van der Waals surface area contributed by atoms with Crippen LogP contribution in [0.15, 0.2) is 23.4 Å². The van der Waals surface area contributed by atoms with Crippen LogP contribution in [0.4, 0.5) is 0 Å². The third-order valence-electron chi connectivity index (χ3n) is 2.97. The van der Waals surface area contributed by atoms with E-state index in [1.54, 1.807) is 6.07 Å². The molecule has 0 amide bonds. The van der Waals surface area contributed by atoms with Gasteiger partial charge in [-0.25, -0.2) is 18.1 Å². The Bertz CT molecular complexity index is 501. The summed E-state index contributed by atoms with van der Waals surface area (Å²) in [6, 6.07) is 2.91. The van der Waals surface area contributed by atoms with Crippen LogP contribution in [0, 0.1) is 0 Å². The zero-order chi connectivity index (χ0) is 13.2. The summed E-state index contributed by atoms with van der Waals surface area (Å²) in [6.45, 7) is 1.46. The van der Waals surface area contributed by atoms with Crippen molar-refractivity contribution in [3.8, 4) is 0 Å². The standard InChI is InChI=1S/C11H17N3O3S/c1-14-5-4-10(7-14)13-18(16,17)11-3-2-9(8-15)6-12-11/h2-3,6,10,13,15H,4-5,7-8H2,1H3. The van der Waals surface area contributed by atoms with E-state index < -0.39 is 10.0 Å². The molecule has 0 radical (unpaired) electrons. The number of likely N-dealkylation sites (tertiary alicyclic amines) is 1. The first-order chi connectivity index (χ1) is 8.51. The van der Waals surface area contributed by atoms with E-state index in [4.69, 9.17) is 5.11 Å². The average molecular weight is 271 g/mol. The number of pyridine rings is 1. The Morgan fingerprint density at radius 2 is 2.33 bits per heavy atom. The van der Waals surface area contributed by atoms with Crippen molar-refractivity contribution in [1.29, 1.82) is 0 Å². The van der Waals surface area contributed by atoms with Gasteiger partial charge in [-0.15, -0.1) is 0 Å². The van der Waals surface area contributed by atoms with E-state index in [2.05, 4.69) is 14.6 Å². The number of rotatable bonds is 4. The summed E-state index contributed by atoms with van der Waals surface area (Å²) in [5, 5.41) is 8.87. The van der Waals surface area contributed by atoms with Crippen LogP contribution in [0.1, 0.15) is 12.0 Å². The molecule has 2 rings (SSSR count). The minimum absolute atomic E-state index is 0.00532. The molecule has 0 aliphatic carbocycles. The van der Waals surface area contributed by atoms with Gasteiger partial charge in [-0.05, 0) is 31.6 Å². The van der Waals surface area contributed by atoms with E-state index in [-0.39, 0.29) is 17.7 Å². The molecule has 1 saturated heterocycles. The van der Waals surface area contributed by atoms with E-state index >= 15 is 0 Å². The van der Waals surface area contributed by atoms with Gasteiger partial charge in [-0.3, -0.25) is 0 Å². The van der Waals surface area contributed by atoms with Gasteiger partial charge in [-0.2, -0.15) is 0 Å². The lowest BCUT2D eigenvalue weighted by Crippen LogP contribution is -2.36. The molecule has 100 valence electrons. The summed E-state index contributed by atoms with van der Waals surface area (Å²) in [4.78, 5) is 5.94. The smallest absolute Gasteiger partial charge is 0.258 e. The van der Waals surface area contributed by atoms with Gasteiger partial charge in [0.05, 0.1) is 6.61 Å². The number of sulfonamides is 1. The SMILES string of the molecule is CN1CCC(NS(=O)(=O)c2ccc(CO)cn2)C1. The summed E-state index contributed by atoms with van der Waals surface area (Å²) in [7, 11) is -1.60. The van der Waals surface area contributed by atoms with Crippen molar-refractivity contribution in [2.75, 3.05) is 20.1 Å². The number of hydrogen-bond donors (Lipinski definition) is 2. The maximum absolute atomic E-state index is 12.0. The molecular formula is C11H17N3O3S. The van der Waals surface area contributed by atoms with E-state index in [1.807, 2.05) is 7.05 Å². The molecule has 7 heteroatoms. The van der Waals surface area contributed by atoms with Crippen LogP contribution in [-0.2, 0) is 16.6 Å². The van der Waals surface area contributed by atoms with Crippen molar-refractivity contribution in [2.45, 2.75) is 24.1 Å². The van der Waals surface area contributed by atoms with Crippen molar-refractivity contribution < 1.29 is 13.5 Å². The average Bonchev–Trinajstić information content (AvgIpc) is 2.74. The van der Waals surface area contributed by atoms with Crippen LogP contribution in [0.3, 0.4) is 0 Å². The number of nitrogens with zero attached hydrogens (tertiary/aromatic N) is 2. The molecule has 1 aliphatic heterocycles. The highest BCUT2D eigenvalue weighted by atomic mass is 32.2. The van der Waals surface area contributed by atoms with Crippen LogP contribution < -0.4 is 4.72 Å². The molecule has 2 N–H and O–H groups in total. The number of nitrogens with one attached hydrogen (secondary N) is 1. The van der Waals surface area contributed by atoms with E-state index in [9.17, 15) is 8.42 Å². The van der Waals surface area contributed by atoms with Crippen molar-refractivity contribution in [1.82, 2.24) is 14.6 Å². The summed E-state index contributed by atoms with van der Waals surface area (Å²) in [5.41, 5.74) is 0.592. The van der Waals surface area contributed by atoms with Crippen molar-refractivity contribution in [3.05, 3.63) is 23.9 Å².